The summed E-state index contributed by atoms with van der Waals surface area (Å²) in [6.45, 7) is 12.2. The van der Waals surface area contributed by atoms with Crippen molar-refractivity contribution in [3.05, 3.63) is 0 Å². The number of rotatable bonds is 5. The summed E-state index contributed by atoms with van der Waals surface area (Å²) in [6.07, 6.45) is 5.66. The van der Waals surface area contributed by atoms with Gasteiger partial charge in [0, 0.05) is 6.54 Å². The Morgan fingerprint density at radius 3 is 2.50 bits per heavy atom. The standard InChI is InChI=1S/C15H31N/c1-6-12(2)13(3)7-8-15-9-10-16(5)11-14(15)4/h12-15H,6-11H2,1-5H3. The van der Waals surface area contributed by atoms with E-state index in [1.807, 2.05) is 0 Å². The molecule has 1 saturated heterocycles. The molecule has 1 heteroatoms. The van der Waals surface area contributed by atoms with Gasteiger partial charge in [-0.25, -0.2) is 0 Å². The van der Waals surface area contributed by atoms with Gasteiger partial charge in [0.25, 0.3) is 0 Å². The maximum atomic E-state index is 2.49. The van der Waals surface area contributed by atoms with Gasteiger partial charge in [-0.15, -0.1) is 0 Å². The number of piperidine rings is 1. The first-order valence-electron chi connectivity index (χ1n) is 7.23. The van der Waals surface area contributed by atoms with Crippen LogP contribution in [0.15, 0.2) is 0 Å². The highest BCUT2D eigenvalue weighted by Crippen LogP contribution is 2.30. The molecule has 1 aliphatic heterocycles. The molecule has 1 nitrogen and oxygen atoms in total. The smallest absolute Gasteiger partial charge is 0.000662 e. The van der Waals surface area contributed by atoms with Gasteiger partial charge in [0.15, 0.2) is 0 Å². The molecule has 4 atom stereocenters. The lowest BCUT2D eigenvalue weighted by atomic mass is 9.80. The largest absolute Gasteiger partial charge is 0.306 e. The molecule has 1 fully saturated rings. The van der Waals surface area contributed by atoms with Crippen LogP contribution in [-0.4, -0.2) is 25.0 Å². The maximum Gasteiger partial charge on any atom is 0.000662 e. The van der Waals surface area contributed by atoms with Gasteiger partial charge >= 0.3 is 0 Å². The first-order chi connectivity index (χ1) is 7.54. The molecule has 0 aromatic rings. The van der Waals surface area contributed by atoms with Gasteiger partial charge in [-0.05, 0) is 50.1 Å². The van der Waals surface area contributed by atoms with E-state index in [0.29, 0.717) is 0 Å². The summed E-state index contributed by atoms with van der Waals surface area (Å²) in [7, 11) is 2.26. The molecule has 0 amide bonds. The first-order valence-corrected chi connectivity index (χ1v) is 7.23. The van der Waals surface area contributed by atoms with E-state index < -0.39 is 0 Å². The van der Waals surface area contributed by atoms with Crippen molar-refractivity contribution in [1.29, 1.82) is 0 Å². The summed E-state index contributed by atoms with van der Waals surface area (Å²) in [5.41, 5.74) is 0. The van der Waals surface area contributed by atoms with Gasteiger partial charge in [0.2, 0.25) is 0 Å². The highest BCUT2D eigenvalue weighted by atomic mass is 15.1. The van der Waals surface area contributed by atoms with Crippen molar-refractivity contribution in [2.45, 2.75) is 53.4 Å². The Morgan fingerprint density at radius 2 is 1.94 bits per heavy atom. The number of hydrogen-bond acceptors (Lipinski definition) is 1. The molecule has 16 heavy (non-hydrogen) atoms. The van der Waals surface area contributed by atoms with Crippen LogP contribution in [0.3, 0.4) is 0 Å². The Kier molecular flexibility index (Phi) is 5.82. The van der Waals surface area contributed by atoms with E-state index in [9.17, 15) is 0 Å². The van der Waals surface area contributed by atoms with E-state index in [4.69, 9.17) is 0 Å². The molecule has 0 aliphatic carbocycles. The van der Waals surface area contributed by atoms with E-state index in [-0.39, 0.29) is 0 Å². The molecule has 0 aromatic heterocycles. The van der Waals surface area contributed by atoms with Gasteiger partial charge in [-0.2, -0.15) is 0 Å². The third-order valence-electron chi connectivity index (χ3n) is 4.89. The normalized spacial score (nSPS) is 31.3. The van der Waals surface area contributed by atoms with Crippen LogP contribution in [0, 0.1) is 23.7 Å². The van der Waals surface area contributed by atoms with E-state index in [2.05, 4.69) is 39.6 Å². The SMILES string of the molecule is CCC(C)C(C)CCC1CCN(C)CC1C. The Bertz CT molecular complexity index is 190. The molecule has 0 N–H and O–H groups in total. The lowest BCUT2D eigenvalue weighted by Crippen LogP contribution is -2.36. The fourth-order valence-electron chi connectivity index (χ4n) is 3.00. The third-order valence-corrected chi connectivity index (χ3v) is 4.89. The molecule has 96 valence electrons. The molecular formula is C15H31N. The van der Waals surface area contributed by atoms with Crippen LogP contribution in [0.2, 0.25) is 0 Å². The quantitative estimate of drug-likeness (QED) is 0.682. The van der Waals surface area contributed by atoms with Crippen LogP contribution in [0.5, 0.6) is 0 Å². The Labute approximate surface area is 103 Å². The zero-order chi connectivity index (χ0) is 12.1. The fourth-order valence-corrected chi connectivity index (χ4v) is 3.00. The van der Waals surface area contributed by atoms with E-state index in [1.54, 1.807) is 0 Å². The average Bonchev–Trinajstić information content (AvgIpc) is 2.26. The molecule has 0 saturated carbocycles. The van der Waals surface area contributed by atoms with Crippen LogP contribution < -0.4 is 0 Å². The molecule has 0 aromatic carbocycles. The van der Waals surface area contributed by atoms with Gasteiger partial charge in [0.1, 0.15) is 0 Å². The topological polar surface area (TPSA) is 3.24 Å². The van der Waals surface area contributed by atoms with Crippen molar-refractivity contribution in [3.8, 4) is 0 Å². The summed E-state index contributed by atoms with van der Waals surface area (Å²) < 4.78 is 0. The first kappa shape index (κ1) is 14.0. The summed E-state index contributed by atoms with van der Waals surface area (Å²) in [4.78, 5) is 2.49. The lowest BCUT2D eigenvalue weighted by molar-refractivity contribution is 0.139. The lowest BCUT2D eigenvalue weighted by Gasteiger charge is -2.35. The maximum absolute atomic E-state index is 2.49. The monoisotopic (exact) mass is 225 g/mol. The third kappa shape index (κ3) is 4.08. The van der Waals surface area contributed by atoms with Gasteiger partial charge in [0.05, 0.1) is 0 Å². The van der Waals surface area contributed by atoms with Crippen molar-refractivity contribution in [3.63, 3.8) is 0 Å². The van der Waals surface area contributed by atoms with Crippen LogP contribution >= 0.6 is 0 Å². The average molecular weight is 225 g/mol. The van der Waals surface area contributed by atoms with E-state index >= 15 is 0 Å². The zero-order valence-electron chi connectivity index (χ0n) is 12.0. The second kappa shape index (κ2) is 6.64. The number of nitrogens with zero attached hydrogens (tertiary/aromatic N) is 1. The predicted molar refractivity (Wildman–Crippen MR) is 72.6 cm³/mol. The van der Waals surface area contributed by atoms with Crippen molar-refractivity contribution in [2.24, 2.45) is 23.7 Å². The second-order valence-corrected chi connectivity index (χ2v) is 6.23. The minimum atomic E-state index is 0.904. The van der Waals surface area contributed by atoms with Gasteiger partial charge in [-0.3, -0.25) is 0 Å². The summed E-state index contributed by atoms with van der Waals surface area (Å²) in [5.74, 6) is 3.71. The minimum absolute atomic E-state index is 0.904. The zero-order valence-corrected chi connectivity index (χ0v) is 12.0. The molecule has 1 rings (SSSR count). The minimum Gasteiger partial charge on any atom is -0.306 e. The van der Waals surface area contributed by atoms with Gasteiger partial charge in [-0.1, -0.05) is 40.5 Å². The molecule has 0 bridgehead atoms. The van der Waals surface area contributed by atoms with Crippen molar-refractivity contribution >= 4 is 0 Å². The summed E-state index contributed by atoms with van der Waals surface area (Å²) >= 11 is 0. The van der Waals surface area contributed by atoms with Gasteiger partial charge < -0.3 is 4.90 Å². The number of likely N-dealkylation sites (tertiary alicyclic amines) is 1. The summed E-state index contributed by atoms with van der Waals surface area (Å²) in [6, 6.07) is 0. The molecule has 1 heterocycles. The molecule has 0 radical (unpaired) electrons. The molecule has 0 spiro atoms. The van der Waals surface area contributed by atoms with Crippen molar-refractivity contribution in [2.75, 3.05) is 20.1 Å². The van der Waals surface area contributed by atoms with Crippen LogP contribution in [0.4, 0.5) is 0 Å². The van der Waals surface area contributed by atoms with Crippen molar-refractivity contribution < 1.29 is 0 Å². The predicted octanol–water partition coefficient (Wildman–Crippen LogP) is 4.04. The van der Waals surface area contributed by atoms with Crippen LogP contribution in [0.1, 0.15) is 53.4 Å². The van der Waals surface area contributed by atoms with E-state index in [1.165, 1.54) is 38.8 Å². The Hall–Kier alpha value is -0.0400. The highest BCUT2D eigenvalue weighted by molar-refractivity contribution is 4.77. The fraction of sp³-hybridized carbons (Fsp3) is 1.00. The second-order valence-electron chi connectivity index (χ2n) is 6.23. The Balaban J connectivity index is 2.27. The molecule has 1 aliphatic rings. The Morgan fingerprint density at radius 1 is 1.25 bits per heavy atom. The molecular weight excluding hydrogens is 194 g/mol. The highest BCUT2D eigenvalue weighted by Gasteiger charge is 2.24. The molecule has 4 unspecified atom stereocenters. The van der Waals surface area contributed by atoms with Crippen LogP contribution in [-0.2, 0) is 0 Å². The van der Waals surface area contributed by atoms with Crippen LogP contribution in [0.25, 0.3) is 0 Å². The number of hydrogen-bond donors (Lipinski definition) is 0. The summed E-state index contributed by atoms with van der Waals surface area (Å²) in [5, 5.41) is 0. The van der Waals surface area contributed by atoms with Crippen molar-refractivity contribution in [1.82, 2.24) is 4.90 Å². The van der Waals surface area contributed by atoms with E-state index in [0.717, 1.165) is 23.7 Å².